The summed E-state index contributed by atoms with van der Waals surface area (Å²) in [6, 6.07) is 32.0. The van der Waals surface area contributed by atoms with E-state index in [0.29, 0.717) is 48.1 Å². The number of likely N-dealkylation sites (tertiary alicyclic amines) is 2. The van der Waals surface area contributed by atoms with Crippen molar-refractivity contribution in [2.24, 2.45) is 23.7 Å². The molecule has 4 aromatic carbocycles. The zero-order valence-corrected chi connectivity index (χ0v) is 35.3. The summed E-state index contributed by atoms with van der Waals surface area (Å²) in [5, 5.41) is 15.9. The number of nitrogens with zero attached hydrogens (tertiary/aromatic N) is 6. The van der Waals surface area contributed by atoms with Crippen LogP contribution in [-0.2, 0) is 22.4 Å². The summed E-state index contributed by atoms with van der Waals surface area (Å²) in [6.45, 7) is 3.13. The Morgan fingerprint density at radius 1 is 0.531 bits per heavy atom. The molecule has 8 aromatic rings. The number of amides is 2. The van der Waals surface area contributed by atoms with Crippen LogP contribution in [0.2, 0.25) is 0 Å². The van der Waals surface area contributed by atoms with Crippen molar-refractivity contribution in [3.05, 3.63) is 142 Å². The van der Waals surface area contributed by atoms with Crippen molar-refractivity contribution < 1.29 is 18.4 Å². The van der Waals surface area contributed by atoms with Crippen LogP contribution < -0.4 is 11.4 Å². The summed E-state index contributed by atoms with van der Waals surface area (Å²) in [5.74, 6) is 3.20. The highest BCUT2D eigenvalue weighted by Crippen LogP contribution is 2.35. The minimum Gasteiger partial charge on any atom is -0.464 e. The molecule has 0 radical (unpaired) electrons. The Labute approximate surface area is 367 Å². The van der Waals surface area contributed by atoms with Crippen molar-refractivity contribution in [2.75, 3.05) is 26.2 Å². The molecule has 14 nitrogen and oxygen atoms in total. The lowest BCUT2D eigenvalue weighted by atomic mass is 10.0. The average molecular weight is 857 g/mol. The maximum absolute atomic E-state index is 12.5. The van der Waals surface area contributed by atoms with Crippen molar-refractivity contribution in [1.29, 1.82) is 0 Å². The highest BCUT2D eigenvalue weighted by atomic mass is 16.3. The second kappa shape index (κ2) is 16.5. The highest BCUT2D eigenvalue weighted by molar-refractivity contribution is 5.85. The quantitative estimate of drug-likeness (QED) is 0.142. The van der Waals surface area contributed by atoms with Crippen LogP contribution in [0.4, 0.5) is 0 Å². The van der Waals surface area contributed by atoms with Crippen LogP contribution in [0.15, 0.2) is 128 Å². The second-order valence-corrected chi connectivity index (χ2v) is 17.8. The number of fused-ring (bicyclic) bond motifs is 2. The predicted molar refractivity (Wildman–Crippen MR) is 241 cm³/mol. The molecule has 2 saturated carbocycles. The molecule has 4 aromatic heterocycles. The van der Waals surface area contributed by atoms with Crippen molar-refractivity contribution in [2.45, 2.75) is 51.4 Å². The number of nitrogens with one attached hydrogen (secondary N) is 2. The molecule has 12 rings (SSSR count). The van der Waals surface area contributed by atoms with Gasteiger partial charge in [0.25, 0.3) is 0 Å². The topological polar surface area (TPSA) is 168 Å². The molecule has 4 fully saturated rings. The molecule has 0 unspecified atom stereocenters. The van der Waals surface area contributed by atoms with E-state index < -0.39 is 0 Å². The molecular formula is C50H48N8O6. The summed E-state index contributed by atoms with van der Waals surface area (Å²) in [5.41, 5.74) is 7.15. The van der Waals surface area contributed by atoms with Gasteiger partial charge in [-0.2, -0.15) is 10.2 Å². The average Bonchev–Trinajstić information content (AvgIpc) is 3.88. The van der Waals surface area contributed by atoms with Gasteiger partial charge in [-0.3, -0.25) is 9.59 Å². The normalized spacial score (nSPS) is 18.5. The predicted octanol–water partition coefficient (Wildman–Crippen LogP) is 7.55. The van der Waals surface area contributed by atoms with E-state index in [1.165, 1.54) is 0 Å². The first-order valence-electron chi connectivity index (χ1n) is 22.4. The first-order valence-corrected chi connectivity index (χ1v) is 22.4. The first-order chi connectivity index (χ1) is 31.3. The fourth-order valence-electron chi connectivity index (χ4n) is 9.46. The second-order valence-electron chi connectivity index (χ2n) is 17.8. The summed E-state index contributed by atoms with van der Waals surface area (Å²) < 4.78 is 14.1. The van der Waals surface area contributed by atoms with E-state index in [0.717, 1.165) is 120 Å². The fourth-order valence-corrected chi connectivity index (χ4v) is 9.46. The largest absolute Gasteiger partial charge is 0.464 e. The Kier molecular flexibility index (Phi) is 10.2. The molecule has 4 aliphatic rings. The van der Waals surface area contributed by atoms with Crippen molar-refractivity contribution >= 4 is 33.8 Å². The molecule has 0 bridgehead atoms. The molecular weight excluding hydrogens is 809 g/mol. The Balaban J connectivity index is 0.000000143. The van der Waals surface area contributed by atoms with E-state index in [-0.39, 0.29) is 23.2 Å². The number of H-pyrrole nitrogens is 2. The summed E-state index contributed by atoms with van der Waals surface area (Å²) >= 11 is 0. The highest BCUT2D eigenvalue weighted by Gasteiger charge is 2.38. The number of carbonyl (C=O) groups excluding carboxylic acids is 2. The zero-order valence-electron chi connectivity index (χ0n) is 35.3. The summed E-state index contributed by atoms with van der Waals surface area (Å²) in [7, 11) is 0. The van der Waals surface area contributed by atoms with E-state index in [9.17, 15) is 19.2 Å². The molecule has 64 heavy (non-hydrogen) atoms. The van der Waals surface area contributed by atoms with E-state index in [1.54, 1.807) is 21.7 Å². The van der Waals surface area contributed by atoms with Crippen molar-refractivity contribution in [3.8, 4) is 33.6 Å². The number of aromatic amines is 2. The maximum atomic E-state index is 12.5. The molecule has 6 heterocycles. The number of furan rings is 2. The van der Waals surface area contributed by atoms with Gasteiger partial charge in [0.15, 0.2) is 0 Å². The monoisotopic (exact) mass is 856 g/mol. The smallest absolute Gasteiger partial charge is 0.347 e. The van der Waals surface area contributed by atoms with Crippen molar-refractivity contribution in [1.82, 2.24) is 39.3 Å². The lowest BCUT2D eigenvalue weighted by Gasteiger charge is -2.16. The molecule has 2 atom stereocenters. The molecule has 2 amide bonds. The van der Waals surface area contributed by atoms with Crippen LogP contribution in [0.1, 0.15) is 50.2 Å². The van der Waals surface area contributed by atoms with Gasteiger partial charge in [-0.15, -0.1) is 0 Å². The Morgan fingerprint density at radius 3 is 1.34 bits per heavy atom. The van der Waals surface area contributed by atoms with E-state index in [1.807, 2.05) is 94.7 Å². The number of aromatic nitrogens is 6. The first kappa shape index (κ1) is 39.6. The van der Waals surface area contributed by atoms with Gasteiger partial charge >= 0.3 is 11.4 Å². The van der Waals surface area contributed by atoms with Gasteiger partial charge in [0.05, 0.1) is 23.9 Å². The van der Waals surface area contributed by atoms with Crippen LogP contribution in [0.5, 0.6) is 0 Å². The molecule has 14 heteroatoms. The molecule has 324 valence electrons. The minimum atomic E-state index is -0.239. The van der Waals surface area contributed by atoms with Gasteiger partial charge in [0, 0.05) is 61.6 Å². The van der Waals surface area contributed by atoms with Gasteiger partial charge in [0.2, 0.25) is 11.8 Å². The molecule has 2 aliphatic carbocycles. The third-order valence-corrected chi connectivity index (χ3v) is 13.3. The van der Waals surface area contributed by atoms with Crippen LogP contribution in [0.3, 0.4) is 0 Å². The number of benzene rings is 4. The SMILES string of the molecule is O=C(C1CC1)N1CC[C@@H](Cc2n[nH]c(=O)n2-c2ccc(-c3ccc4occc4c3)cc2)C1.O=C(C1CC1)N1CC[C@@H](Cc2n[nH]c(=O)n2-c2ccc(-c3ccc4occc4c3)cc2)C1. The van der Waals surface area contributed by atoms with Crippen LogP contribution in [0, 0.1) is 23.7 Å². The third kappa shape index (κ3) is 7.99. The van der Waals surface area contributed by atoms with Gasteiger partial charge in [-0.25, -0.2) is 28.9 Å². The Bertz CT molecular complexity index is 2900. The van der Waals surface area contributed by atoms with Gasteiger partial charge < -0.3 is 18.6 Å². The van der Waals surface area contributed by atoms with E-state index in [4.69, 9.17) is 8.83 Å². The number of rotatable bonds is 10. The van der Waals surface area contributed by atoms with Crippen LogP contribution >= 0.6 is 0 Å². The van der Waals surface area contributed by atoms with Crippen molar-refractivity contribution in [3.63, 3.8) is 0 Å². The number of hydrogen-bond donors (Lipinski definition) is 2. The maximum Gasteiger partial charge on any atom is 0.347 e. The van der Waals surface area contributed by atoms with Gasteiger partial charge in [-0.05, 0) is 133 Å². The fraction of sp³-hybridized carbons (Fsp3) is 0.320. The number of hydrogen-bond acceptors (Lipinski definition) is 8. The summed E-state index contributed by atoms with van der Waals surface area (Å²) in [6.07, 6.45) is 10.8. The third-order valence-electron chi connectivity index (χ3n) is 13.3. The van der Waals surface area contributed by atoms with Gasteiger partial charge in [-0.1, -0.05) is 36.4 Å². The minimum absolute atomic E-state index is 0.239. The summed E-state index contributed by atoms with van der Waals surface area (Å²) in [4.78, 5) is 53.7. The van der Waals surface area contributed by atoms with E-state index >= 15 is 0 Å². The van der Waals surface area contributed by atoms with Crippen LogP contribution in [0.25, 0.3) is 55.6 Å². The van der Waals surface area contributed by atoms with Gasteiger partial charge in [0.1, 0.15) is 22.8 Å². The standard InChI is InChI=1S/2C25H24N4O3/c2*30-24(18-1-2-18)28-11-9-16(15-28)13-23-26-27-25(31)29(23)21-6-3-17(4-7-21)19-5-8-22-20(14-19)10-12-32-22/h2*3-8,10,12,14,16,18H,1-2,9,11,13,15H2,(H,27,31)/t2*16-/m00/s1. The zero-order chi connectivity index (χ0) is 43.3. The number of carbonyl (C=O) groups is 2. The molecule has 2 aliphatic heterocycles. The lowest BCUT2D eigenvalue weighted by molar-refractivity contribution is -0.132. The molecule has 0 spiro atoms. The Morgan fingerprint density at radius 2 is 0.938 bits per heavy atom. The molecule has 2 N–H and O–H groups in total. The van der Waals surface area contributed by atoms with Crippen LogP contribution in [-0.4, -0.2) is 77.3 Å². The lowest BCUT2D eigenvalue weighted by Crippen LogP contribution is -2.30. The molecule has 2 saturated heterocycles. The Hall–Kier alpha value is -7.22. The van der Waals surface area contributed by atoms with E-state index in [2.05, 4.69) is 32.5 Å².